The van der Waals surface area contributed by atoms with Crippen molar-refractivity contribution < 1.29 is 4.79 Å². The Hall–Kier alpha value is -1.32. The fourth-order valence-corrected chi connectivity index (χ4v) is 2.92. The minimum absolute atomic E-state index is 0.0364. The molecule has 6 heteroatoms. The molecule has 0 aromatic carbocycles. The Morgan fingerprint density at radius 3 is 3.00 bits per heavy atom. The van der Waals surface area contributed by atoms with Gasteiger partial charge >= 0.3 is 0 Å². The van der Waals surface area contributed by atoms with Crippen LogP contribution in [0.15, 0.2) is 16.7 Å². The molecule has 2 fully saturated rings. The molecule has 100 valence electrons. The van der Waals surface area contributed by atoms with Crippen molar-refractivity contribution in [2.45, 2.75) is 24.9 Å². The fourth-order valence-electron chi connectivity index (χ4n) is 2.48. The highest BCUT2D eigenvalue weighted by Gasteiger charge is 2.32. The van der Waals surface area contributed by atoms with Gasteiger partial charge in [-0.2, -0.15) is 5.26 Å². The molecule has 1 aromatic heterocycles. The van der Waals surface area contributed by atoms with E-state index in [1.807, 2.05) is 16.8 Å². The van der Waals surface area contributed by atoms with Crippen molar-refractivity contribution in [1.82, 2.24) is 14.8 Å². The molecule has 1 aromatic rings. The molecule has 1 saturated carbocycles. The molecule has 1 amide bonds. The maximum atomic E-state index is 12.6. The van der Waals surface area contributed by atoms with E-state index in [1.54, 1.807) is 4.90 Å². The third-order valence-electron chi connectivity index (χ3n) is 3.63. The average molecular weight is 323 g/mol. The number of carbonyl (C=O) groups is 1. The first-order valence-corrected chi connectivity index (χ1v) is 7.28. The molecule has 0 spiro atoms. The Morgan fingerprint density at radius 2 is 2.32 bits per heavy atom. The molecular weight excluding hydrogens is 308 g/mol. The molecular formula is C13H15BrN4O. The summed E-state index contributed by atoms with van der Waals surface area (Å²) in [5, 5.41) is 12.3. The number of aromatic nitrogens is 1. The first-order chi connectivity index (χ1) is 9.20. The van der Waals surface area contributed by atoms with Gasteiger partial charge in [0.1, 0.15) is 11.7 Å². The first-order valence-electron chi connectivity index (χ1n) is 6.49. The molecule has 2 heterocycles. The van der Waals surface area contributed by atoms with E-state index in [2.05, 4.69) is 27.3 Å². The summed E-state index contributed by atoms with van der Waals surface area (Å²) >= 11 is 3.43. The summed E-state index contributed by atoms with van der Waals surface area (Å²) in [6, 6.07) is 4.14. The predicted octanol–water partition coefficient (Wildman–Crippen LogP) is 1.52. The summed E-state index contributed by atoms with van der Waals surface area (Å²) in [7, 11) is 0. The fraction of sp³-hybridized carbons (Fsp3) is 0.538. The van der Waals surface area contributed by atoms with Crippen LogP contribution in [-0.2, 0) is 0 Å². The predicted molar refractivity (Wildman–Crippen MR) is 73.7 cm³/mol. The normalized spacial score (nSPS) is 23.2. The number of nitrogens with one attached hydrogen (secondary N) is 1. The first kappa shape index (κ1) is 12.7. The standard InChI is InChI=1S/C13H15BrN4O/c14-9-5-12(18(8-9)10-1-2-10)13(19)17-4-3-16-7-11(17)6-15/h5,8,10-11,16H,1-4,7H2. The lowest BCUT2D eigenvalue weighted by Gasteiger charge is -2.32. The summed E-state index contributed by atoms with van der Waals surface area (Å²) in [4.78, 5) is 14.3. The van der Waals surface area contributed by atoms with E-state index in [4.69, 9.17) is 5.26 Å². The number of nitriles is 1. The van der Waals surface area contributed by atoms with Crippen molar-refractivity contribution in [3.8, 4) is 6.07 Å². The summed E-state index contributed by atoms with van der Waals surface area (Å²) in [6.45, 7) is 1.88. The zero-order valence-corrected chi connectivity index (χ0v) is 12.1. The molecule has 5 nitrogen and oxygen atoms in total. The number of hydrogen-bond acceptors (Lipinski definition) is 3. The minimum atomic E-state index is -0.373. The molecule has 1 aliphatic carbocycles. The second kappa shape index (κ2) is 4.99. The van der Waals surface area contributed by atoms with Crippen LogP contribution in [0.1, 0.15) is 29.4 Å². The number of carbonyl (C=O) groups excluding carboxylic acids is 1. The second-order valence-electron chi connectivity index (χ2n) is 5.03. The Morgan fingerprint density at radius 1 is 1.53 bits per heavy atom. The zero-order chi connectivity index (χ0) is 13.4. The number of hydrogen-bond donors (Lipinski definition) is 1. The SMILES string of the molecule is N#CC1CNCCN1C(=O)c1cc(Br)cn1C1CC1. The average Bonchev–Trinajstić information content (AvgIpc) is 3.21. The Labute approximate surface area is 120 Å². The van der Waals surface area contributed by atoms with E-state index in [1.165, 1.54) is 0 Å². The Kier molecular flexibility index (Phi) is 3.33. The van der Waals surface area contributed by atoms with Gasteiger partial charge in [0.15, 0.2) is 0 Å². The molecule has 0 radical (unpaired) electrons. The van der Waals surface area contributed by atoms with Crippen molar-refractivity contribution in [2.24, 2.45) is 0 Å². The monoisotopic (exact) mass is 322 g/mol. The third-order valence-corrected chi connectivity index (χ3v) is 4.06. The highest BCUT2D eigenvalue weighted by Crippen LogP contribution is 2.37. The van der Waals surface area contributed by atoms with Gasteiger partial charge in [-0.05, 0) is 34.8 Å². The van der Waals surface area contributed by atoms with Crippen molar-refractivity contribution in [3.63, 3.8) is 0 Å². The van der Waals surface area contributed by atoms with E-state index in [9.17, 15) is 4.79 Å². The highest BCUT2D eigenvalue weighted by molar-refractivity contribution is 9.10. The third kappa shape index (κ3) is 2.40. The van der Waals surface area contributed by atoms with Crippen molar-refractivity contribution in [1.29, 1.82) is 5.26 Å². The number of amides is 1. The van der Waals surface area contributed by atoms with Crippen LogP contribution < -0.4 is 5.32 Å². The van der Waals surface area contributed by atoms with Crippen molar-refractivity contribution in [2.75, 3.05) is 19.6 Å². The molecule has 3 rings (SSSR count). The molecule has 1 saturated heterocycles. The van der Waals surface area contributed by atoms with Crippen LogP contribution in [-0.4, -0.2) is 41.1 Å². The molecule has 1 unspecified atom stereocenters. The molecule has 1 atom stereocenters. The van der Waals surface area contributed by atoms with E-state index >= 15 is 0 Å². The topological polar surface area (TPSA) is 61.1 Å². The van der Waals surface area contributed by atoms with E-state index in [-0.39, 0.29) is 11.9 Å². The summed E-state index contributed by atoms with van der Waals surface area (Å²) in [5.74, 6) is -0.0364. The van der Waals surface area contributed by atoms with Gasteiger partial charge in [0.2, 0.25) is 0 Å². The van der Waals surface area contributed by atoms with E-state index in [0.29, 0.717) is 24.8 Å². The lowest BCUT2D eigenvalue weighted by molar-refractivity contribution is 0.0676. The van der Waals surface area contributed by atoms with Gasteiger partial charge in [-0.15, -0.1) is 0 Å². The maximum Gasteiger partial charge on any atom is 0.271 e. The summed E-state index contributed by atoms with van der Waals surface area (Å²) in [5.41, 5.74) is 0.691. The second-order valence-corrected chi connectivity index (χ2v) is 5.95. The summed E-state index contributed by atoms with van der Waals surface area (Å²) in [6.07, 6.45) is 4.23. The zero-order valence-electron chi connectivity index (χ0n) is 10.5. The Bertz CT molecular complexity index is 543. The Balaban J connectivity index is 1.88. The highest BCUT2D eigenvalue weighted by atomic mass is 79.9. The molecule has 2 aliphatic rings. The summed E-state index contributed by atoms with van der Waals surface area (Å²) < 4.78 is 2.97. The van der Waals surface area contributed by atoms with Gasteiger partial charge in [0, 0.05) is 36.3 Å². The van der Waals surface area contributed by atoms with Gasteiger partial charge in [-0.1, -0.05) is 0 Å². The molecule has 1 aliphatic heterocycles. The minimum Gasteiger partial charge on any atom is -0.339 e. The van der Waals surface area contributed by atoms with Gasteiger partial charge < -0.3 is 14.8 Å². The van der Waals surface area contributed by atoms with Crippen LogP contribution in [0.3, 0.4) is 0 Å². The van der Waals surface area contributed by atoms with Crippen molar-refractivity contribution in [3.05, 3.63) is 22.4 Å². The molecule has 1 N–H and O–H groups in total. The number of rotatable bonds is 2. The molecule has 0 bridgehead atoms. The van der Waals surface area contributed by atoms with Crippen molar-refractivity contribution >= 4 is 21.8 Å². The van der Waals surface area contributed by atoms with Crippen LogP contribution in [0.5, 0.6) is 0 Å². The van der Waals surface area contributed by atoms with Gasteiger partial charge in [-0.25, -0.2) is 0 Å². The van der Waals surface area contributed by atoms with E-state index in [0.717, 1.165) is 23.9 Å². The van der Waals surface area contributed by atoms with E-state index < -0.39 is 0 Å². The van der Waals surface area contributed by atoms with Crippen LogP contribution in [0.2, 0.25) is 0 Å². The van der Waals surface area contributed by atoms with Crippen LogP contribution in [0.25, 0.3) is 0 Å². The van der Waals surface area contributed by atoms with Gasteiger partial charge in [0.05, 0.1) is 6.07 Å². The van der Waals surface area contributed by atoms with Crippen LogP contribution in [0, 0.1) is 11.3 Å². The number of nitrogens with zero attached hydrogens (tertiary/aromatic N) is 3. The number of halogens is 1. The lowest BCUT2D eigenvalue weighted by atomic mass is 10.2. The lowest BCUT2D eigenvalue weighted by Crippen LogP contribution is -2.53. The smallest absolute Gasteiger partial charge is 0.271 e. The maximum absolute atomic E-state index is 12.6. The van der Waals surface area contributed by atoms with Gasteiger partial charge in [-0.3, -0.25) is 4.79 Å². The molecule has 19 heavy (non-hydrogen) atoms. The number of piperazine rings is 1. The van der Waals surface area contributed by atoms with Crippen LogP contribution in [0.4, 0.5) is 0 Å². The van der Waals surface area contributed by atoms with Crippen LogP contribution >= 0.6 is 15.9 Å². The largest absolute Gasteiger partial charge is 0.339 e. The van der Waals surface area contributed by atoms with Gasteiger partial charge in [0.25, 0.3) is 5.91 Å². The quantitative estimate of drug-likeness (QED) is 0.898.